The molecular weight excluding hydrogens is 1590 g/mol. The number of rotatable bonds is 20. The maximum absolute atomic E-state index is 15.0. The summed E-state index contributed by atoms with van der Waals surface area (Å²) in [4.78, 5) is 270. The standard InChI is InChI=1S/C68H103N21O22S4/c1-32(2)18-39-58(101)84-44(54(70)97)26-112-114-29-47-63(106)82-42(24-90)59(102)81-41(20-36-23-72-31-74-36)68(111)88-16-8-11-48(88)64(107)75-34(5)55(98)85-46(28-115-113-27-45(61(104)86-47)76-50(92)21-69)62(105)83-43(25-91)60(103)87-53(33(3)4)66(109)78-37(10-6-7-13-51(93)94)56(99)80-40(19-35-22-71-30-73-35)67(110)89-17-9-12-49(89)65(108)77-38(57(100)79-39)14-15-52(95)96/h22-23,30-34,37-49,53,90-91H,6-21,24-29,69H2,1-5H3,(H2,70,97)(H,71,73)(H,72,74)(H,75,107)(H,76,92)(H,77,108)(H,78,109)(H,79,100)(H,80,99)(H,81,102)(H,82,106)(H,83,105)(H,84,101)(H,85,98)(H,86,104)(H,87,103)(H,93,94)(H,95,96)/t34-,37-,38-,39-,40-,41-,42-,43-,44-,45-,46-,47-,48-,49-,53-/m0/s1. The first kappa shape index (κ1) is 94.0. The Morgan fingerprint density at radius 2 is 0.948 bits per heavy atom. The lowest BCUT2D eigenvalue weighted by Gasteiger charge is -2.31. The Morgan fingerprint density at radius 1 is 0.504 bits per heavy atom. The van der Waals surface area contributed by atoms with Gasteiger partial charge in [0, 0.05) is 85.6 Å². The fraction of sp³-hybridized carbons (Fsp3) is 0.647. The maximum Gasteiger partial charge on any atom is 0.303 e. The number of fused-ring (bicyclic) bond motifs is 10. The monoisotopic (exact) mass is 1690 g/mol. The van der Waals surface area contributed by atoms with E-state index in [2.05, 4.69) is 89.1 Å². The van der Waals surface area contributed by atoms with Gasteiger partial charge in [-0.2, -0.15) is 0 Å². The second-order valence-electron chi connectivity index (χ2n) is 28.4. The minimum absolute atomic E-state index is 0.0191. The molecule has 636 valence electrons. The normalized spacial score (nSPS) is 27.5. The zero-order valence-corrected chi connectivity index (χ0v) is 67.2. The van der Waals surface area contributed by atoms with Gasteiger partial charge in [-0.15, -0.1) is 0 Å². The highest BCUT2D eigenvalue weighted by Crippen LogP contribution is 2.27. The number of carboxylic acid groups (broad SMARTS) is 2. The zero-order valence-electron chi connectivity index (χ0n) is 63.9. The van der Waals surface area contributed by atoms with Crippen molar-refractivity contribution in [3.8, 4) is 0 Å². The van der Waals surface area contributed by atoms with Crippen LogP contribution in [-0.2, 0) is 99.1 Å². The molecule has 6 heterocycles. The summed E-state index contributed by atoms with van der Waals surface area (Å²) in [5, 5.41) is 73.5. The van der Waals surface area contributed by atoms with E-state index < -0.39 is 259 Å². The predicted molar refractivity (Wildman–Crippen MR) is 414 cm³/mol. The number of hydrogen-bond donors (Lipinski definition) is 21. The van der Waals surface area contributed by atoms with Crippen molar-refractivity contribution >= 4 is 150 Å². The number of carboxylic acids is 2. The Kier molecular flexibility index (Phi) is 38.1. The minimum Gasteiger partial charge on any atom is -0.481 e. The molecule has 0 saturated carbocycles. The van der Waals surface area contributed by atoms with Crippen molar-refractivity contribution in [1.29, 1.82) is 0 Å². The molecule has 2 bridgehead atoms. The van der Waals surface area contributed by atoms with Crippen LogP contribution in [0.2, 0.25) is 0 Å². The number of imidazole rings is 2. The zero-order chi connectivity index (χ0) is 84.8. The van der Waals surface area contributed by atoms with Crippen LogP contribution in [0, 0.1) is 11.8 Å². The summed E-state index contributed by atoms with van der Waals surface area (Å²) < 4.78 is 0. The van der Waals surface area contributed by atoms with E-state index in [0.29, 0.717) is 5.69 Å². The average Bonchev–Trinajstić information content (AvgIpc) is 1.72. The first-order chi connectivity index (χ1) is 54.6. The van der Waals surface area contributed by atoms with Gasteiger partial charge in [0.05, 0.1) is 32.4 Å². The Hall–Kier alpha value is -9.84. The molecule has 47 heteroatoms. The number of aliphatic hydroxyl groups excluding tert-OH is 2. The highest BCUT2D eigenvalue weighted by Gasteiger charge is 2.44. The number of primary amides is 1. The minimum atomic E-state index is -1.93. The van der Waals surface area contributed by atoms with Crippen LogP contribution >= 0.6 is 43.2 Å². The molecule has 4 saturated heterocycles. The van der Waals surface area contributed by atoms with Gasteiger partial charge in [0.25, 0.3) is 0 Å². The van der Waals surface area contributed by atoms with Crippen molar-refractivity contribution in [1.82, 2.24) is 98.9 Å². The number of hydrogen-bond acceptors (Lipinski definition) is 27. The number of aromatic nitrogens is 4. The summed E-state index contributed by atoms with van der Waals surface area (Å²) in [7, 11) is 3.20. The molecule has 115 heavy (non-hydrogen) atoms. The number of carbonyl (C=O) groups excluding carboxylic acids is 16. The number of nitrogens with one attached hydrogen (secondary N) is 15. The molecule has 4 aliphatic heterocycles. The third-order valence-corrected chi connectivity index (χ3v) is 23.6. The molecule has 2 aromatic heterocycles. The number of aromatic amines is 2. The Bertz CT molecular complexity index is 3770. The van der Waals surface area contributed by atoms with Gasteiger partial charge in [-0.1, -0.05) is 77.3 Å². The number of H-pyrrole nitrogens is 2. The topological polar surface area (TPSA) is 660 Å². The summed E-state index contributed by atoms with van der Waals surface area (Å²) in [5.74, 6) is -22.0. The summed E-state index contributed by atoms with van der Waals surface area (Å²) in [6, 6.07) is -24.2. The molecule has 23 N–H and O–H groups in total. The Morgan fingerprint density at radius 3 is 1.43 bits per heavy atom. The van der Waals surface area contributed by atoms with E-state index in [0.717, 1.165) is 53.0 Å². The van der Waals surface area contributed by atoms with Crippen LogP contribution in [0.4, 0.5) is 0 Å². The maximum atomic E-state index is 15.0. The molecule has 0 aliphatic carbocycles. The molecule has 4 aliphatic rings. The quantitative estimate of drug-likeness (QED) is 0.0433. The molecule has 0 aromatic carbocycles. The first-order valence-electron chi connectivity index (χ1n) is 37.3. The van der Waals surface area contributed by atoms with Crippen molar-refractivity contribution in [2.75, 3.05) is 55.9 Å². The number of unbranched alkanes of at least 4 members (excludes halogenated alkanes) is 1. The van der Waals surface area contributed by atoms with Crippen molar-refractivity contribution < 1.29 is 107 Å². The van der Waals surface area contributed by atoms with Crippen molar-refractivity contribution in [2.24, 2.45) is 23.3 Å². The molecule has 43 nitrogen and oxygen atoms in total. The van der Waals surface area contributed by atoms with Crippen LogP contribution in [0.3, 0.4) is 0 Å². The second-order valence-corrected chi connectivity index (χ2v) is 33.5. The highest BCUT2D eigenvalue weighted by atomic mass is 33.1. The van der Waals surface area contributed by atoms with Gasteiger partial charge in [-0.05, 0) is 70.1 Å². The van der Waals surface area contributed by atoms with Gasteiger partial charge < -0.3 is 121 Å². The number of nitrogens with two attached hydrogens (primary N) is 2. The fourth-order valence-corrected chi connectivity index (χ4v) is 17.2. The molecule has 0 spiro atoms. The van der Waals surface area contributed by atoms with Crippen molar-refractivity contribution in [3.63, 3.8) is 0 Å². The van der Waals surface area contributed by atoms with Crippen LogP contribution in [0.1, 0.15) is 117 Å². The van der Waals surface area contributed by atoms with E-state index in [4.69, 9.17) is 11.5 Å². The van der Waals surface area contributed by atoms with Gasteiger partial charge in [0.1, 0.15) is 90.6 Å². The fourth-order valence-electron chi connectivity index (χ4n) is 12.5. The van der Waals surface area contributed by atoms with Crippen LogP contribution in [0.25, 0.3) is 0 Å². The molecule has 0 radical (unpaired) electrons. The number of aliphatic carboxylic acids is 2. The highest BCUT2D eigenvalue weighted by molar-refractivity contribution is 8.77. The van der Waals surface area contributed by atoms with Crippen LogP contribution in [0.15, 0.2) is 25.0 Å². The lowest BCUT2D eigenvalue weighted by atomic mass is 10.0. The van der Waals surface area contributed by atoms with E-state index in [-0.39, 0.29) is 95.3 Å². The van der Waals surface area contributed by atoms with Crippen molar-refractivity contribution in [2.45, 2.75) is 209 Å². The molecular formula is C68H103N21O22S4. The number of amides is 16. The molecule has 4 fully saturated rings. The van der Waals surface area contributed by atoms with Crippen LogP contribution < -0.4 is 80.6 Å². The number of carbonyl (C=O) groups is 18. The lowest BCUT2D eigenvalue weighted by molar-refractivity contribution is -0.143. The summed E-state index contributed by atoms with van der Waals surface area (Å²) in [6.45, 7) is 4.46. The summed E-state index contributed by atoms with van der Waals surface area (Å²) >= 11 is 0. The second kappa shape index (κ2) is 46.6. The average molecular weight is 1690 g/mol. The van der Waals surface area contributed by atoms with Gasteiger partial charge in [-0.25, -0.2) is 9.97 Å². The smallest absolute Gasteiger partial charge is 0.303 e. The predicted octanol–water partition coefficient (Wildman–Crippen LogP) is -7.35. The van der Waals surface area contributed by atoms with E-state index in [1.54, 1.807) is 13.8 Å². The number of nitrogens with zero attached hydrogens (tertiary/aromatic N) is 4. The third kappa shape index (κ3) is 29.4. The van der Waals surface area contributed by atoms with E-state index in [1.165, 1.54) is 45.8 Å². The van der Waals surface area contributed by atoms with Crippen molar-refractivity contribution in [3.05, 3.63) is 36.4 Å². The Balaban J connectivity index is 1.46. The van der Waals surface area contributed by atoms with E-state index >= 15 is 4.79 Å². The molecule has 15 atom stereocenters. The van der Waals surface area contributed by atoms with E-state index in [9.17, 15) is 102 Å². The van der Waals surface area contributed by atoms with Gasteiger partial charge in [0.2, 0.25) is 94.5 Å². The summed E-state index contributed by atoms with van der Waals surface area (Å²) in [6.07, 6.45) is 2.98. The van der Waals surface area contributed by atoms with Gasteiger partial charge in [0.15, 0.2) is 0 Å². The van der Waals surface area contributed by atoms with Gasteiger partial charge >= 0.3 is 11.9 Å². The summed E-state index contributed by atoms with van der Waals surface area (Å²) in [5.41, 5.74) is 12.1. The largest absolute Gasteiger partial charge is 0.481 e. The van der Waals surface area contributed by atoms with Crippen LogP contribution in [-0.4, -0.2) is 303 Å². The Labute approximate surface area is 676 Å². The lowest BCUT2D eigenvalue weighted by Crippen LogP contribution is -2.62. The van der Waals surface area contributed by atoms with Crippen LogP contribution in [0.5, 0.6) is 0 Å². The first-order valence-corrected chi connectivity index (χ1v) is 42.2. The molecule has 0 unspecified atom stereocenters. The van der Waals surface area contributed by atoms with Gasteiger partial charge in [-0.3, -0.25) is 86.3 Å². The molecule has 2 aromatic rings. The number of aliphatic hydroxyl groups is 2. The molecule has 16 amide bonds. The van der Waals surface area contributed by atoms with E-state index in [1.807, 2.05) is 0 Å². The third-order valence-electron chi connectivity index (χ3n) is 18.7. The molecule has 6 rings (SSSR count). The SMILES string of the molecule is CC(C)C[C@@H]1NC(=O)[C@H](CCC(=O)O)NC(=O)[C@@H]2CCCN2C(=O)[C@H](Cc2cnc[nH]2)NC(=O)[C@H](CCCCC(=O)O)NC(=O)[C@H](C(C)C)NC(=O)[C@H](CO)NC(=O)[C@@H]2CSSC[C@H](NC(=O)CN)C(=O)N[C@@H](CSSC[C@@H](C(N)=O)NC1=O)C(=O)N[C@@H](CO)C(=O)N[C@@H](Cc1cnc[nH]1)C(=O)N1CCC[C@H]1C(=O)N[C@@H](C)C(=O)N2.